The fourth-order valence-corrected chi connectivity index (χ4v) is 3.39. The molecule has 2 aromatic rings. The molecule has 1 heterocycles. The van der Waals surface area contributed by atoms with Gasteiger partial charge in [-0.25, -0.2) is 0 Å². The van der Waals surface area contributed by atoms with E-state index in [1.807, 2.05) is 60.7 Å². The van der Waals surface area contributed by atoms with Crippen LogP contribution < -0.4 is 0 Å². The highest BCUT2D eigenvalue weighted by atomic mass is 16.4. The van der Waals surface area contributed by atoms with Crippen LogP contribution in [-0.2, 0) is 10.2 Å². The summed E-state index contributed by atoms with van der Waals surface area (Å²) < 4.78 is 0. The number of hydrogen-bond donors (Lipinski definition) is 1. The lowest BCUT2D eigenvalue weighted by Crippen LogP contribution is -2.48. The predicted octanol–water partition coefficient (Wildman–Crippen LogP) is 2.99. The van der Waals surface area contributed by atoms with Crippen molar-refractivity contribution in [1.29, 1.82) is 0 Å². The van der Waals surface area contributed by atoms with E-state index in [1.54, 1.807) is 0 Å². The van der Waals surface area contributed by atoms with Crippen LogP contribution in [0, 0.1) is 0 Å². The molecule has 24 heavy (non-hydrogen) atoms. The number of rotatable bonds is 5. The van der Waals surface area contributed by atoms with Crippen LogP contribution in [0.2, 0.25) is 0 Å². The van der Waals surface area contributed by atoms with Gasteiger partial charge in [0.2, 0.25) is 0 Å². The lowest BCUT2D eigenvalue weighted by molar-refractivity contribution is -0.145. The second-order valence-corrected chi connectivity index (χ2v) is 6.32. The summed E-state index contributed by atoms with van der Waals surface area (Å²) in [4.78, 5) is 26.3. The van der Waals surface area contributed by atoms with Crippen molar-refractivity contribution in [1.82, 2.24) is 4.90 Å². The first-order valence-corrected chi connectivity index (χ1v) is 8.21. The number of carboxylic acid groups (broad SMARTS) is 1. The summed E-state index contributed by atoms with van der Waals surface area (Å²) in [5.41, 5.74) is 0.718. The number of carbonyl (C=O) groups is 2. The molecule has 1 fully saturated rings. The third-order valence-corrected chi connectivity index (χ3v) is 4.91. The molecular weight excluding hydrogens is 302 g/mol. The molecule has 0 atom stereocenters. The zero-order valence-electron chi connectivity index (χ0n) is 13.5. The number of piperidine rings is 1. The number of carbonyl (C=O) groups excluding carboxylic acids is 1. The van der Waals surface area contributed by atoms with E-state index in [4.69, 9.17) is 0 Å². The van der Waals surface area contributed by atoms with E-state index in [-0.39, 0.29) is 5.78 Å². The first-order chi connectivity index (χ1) is 11.6. The highest BCUT2D eigenvalue weighted by Crippen LogP contribution is 2.35. The fourth-order valence-electron chi connectivity index (χ4n) is 3.39. The quantitative estimate of drug-likeness (QED) is 0.860. The number of benzene rings is 2. The average molecular weight is 323 g/mol. The fraction of sp³-hybridized carbons (Fsp3) is 0.300. The first kappa shape index (κ1) is 16.4. The first-order valence-electron chi connectivity index (χ1n) is 8.21. The van der Waals surface area contributed by atoms with Crippen molar-refractivity contribution in [2.75, 3.05) is 19.6 Å². The van der Waals surface area contributed by atoms with Crippen molar-refractivity contribution >= 4 is 11.8 Å². The molecule has 4 heteroatoms. The van der Waals surface area contributed by atoms with E-state index >= 15 is 0 Å². The molecule has 124 valence electrons. The SMILES string of the molecule is O=C(CN1CCC(C(=O)O)(c2ccccc2)CC1)c1ccccc1. The highest BCUT2D eigenvalue weighted by molar-refractivity contribution is 5.97. The van der Waals surface area contributed by atoms with Crippen molar-refractivity contribution in [3.63, 3.8) is 0 Å². The van der Waals surface area contributed by atoms with Gasteiger partial charge in [-0.05, 0) is 18.4 Å². The largest absolute Gasteiger partial charge is 0.481 e. The van der Waals surface area contributed by atoms with Gasteiger partial charge in [-0.15, -0.1) is 0 Å². The average Bonchev–Trinajstić information content (AvgIpc) is 2.63. The minimum absolute atomic E-state index is 0.0816. The number of carboxylic acids is 1. The molecule has 0 saturated carbocycles. The summed E-state index contributed by atoms with van der Waals surface area (Å²) in [5, 5.41) is 9.80. The van der Waals surface area contributed by atoms with Gasteiger partial charge in [0.15, 0.2) is 5.78 Å². The topological polar surface area (TPSA) is 57.6 Å². The van der Waals surface area contributed by atoms with Crippen LogP contribution in [0.4, 0.5) is 0 Å². The van der Waals surface area contributed by atoms with Crippen molar-refractivity contribution in [3.05, 3.63) is 71.8 Å². The standard InChI is InChI=1S/C20H21NO3/c22-18(16-7-3-1-4-8-16)15-21-13-11-20(12-14-21,19(23)24)17-9-5-2-6-10-17/h1-10H,11-15H2,(H,23,24). The Labute approximate surface area is 141 Å². The van der Waals surface area contributed by atoms with Crippen LogP contribution in [0.25, 0.3) is 0 Å². The van der Waals surface area contributed by atoms with Crippen molar-refractivity contribution in [3.8, 4) is 0 Å². The minimum Gasteiger partial charge on any atom is -0.481 e. The van der Waals surface area contributed by atoms with Crippen LogP contribution in [0.1, 0.15) is 28.8 Å². The van der Waals surface area contributed by atoms with Gasteiger partial charge < -0.3 is 5.11 Å². The summed E-state index contributed by atoms with van der Waals surface area (Å²) in [6, 6.07) is 18.7. The van der Waals surface area contributed by atoms with Gasteiger partial charge in [0.1, 0.15) is 0 Å². The Morgan fingerprint density at radius 1 is 0.917 bits per heavy atom. The normalized spacial score (nSPS) is 17.3. The Morgan fingerprint density at radius 2 is 1.46 bits per heavy atom. The molecule has 1 aliphatic heterocycles. The lowest BCUT2D eigenvalue weighted by atomic mass is 9.73. The number of likely N-dealkylation sites (tertiary alicyclic amines) is 1. The van der Waals surface area contributed by atoms with E-state index in [0.29, 0.717) is 38.0 Å². The molecule has 0 spiro atoms. The van der Waals surface area contributed by atoms with Crippen molar-refractivity contribution in [2.45, 2.75) is 18.3 Å². The molecular formula is C20H21NO3. The molecule has 1 N–H and O–H groups in total. The molecule has 1 aliphatic rings. The van der Waals surface area contributed by atoms with Crippen LogP contribution in [0.5, 0.6) is 0 Å². The smallest absolute Gasteiger partial charge is 0.314 e. The molecule has 3 rings (SSSR count). The Hall–Kier alpha value is -2.46. The van der Waals surface area contributed by atoms with E-state index in [0.717, 1.165) is 5.56 Å². The number of hydrogen-bond acceptors (Lipinski definition) is 3. The molecule has 0 bridgehead atoms. The minimum atomic E-state index is -0.840. The predicted molar refractivity (Wildman–Crippen MR) is 92.2 cm³/mol. The summed E-state index contributed by atoms with van der Waals surface area (Å²) in [7, 11) is 0. The molecule has 0 aliphatic carbocycles. The van der Waals surface area contributed by atoms with Gasteiger partial charge in [0.05, 0.1) is 12.0 Å². The monoisotopic (exact) mass is 323 g/mol. The second-order valence-electron chi connectivity index (χ2n) is 6.32. The van der Waals surface area contributed by atoms with Gasteiger partial charge in [0.25, 0.3) is 0 Å². The van der Waals surface area contributed by atoms with Gasteiger partial charge in [-0.3, -0.25) is 14.5 Å². The van der Waals surface area contributed by atoms with Gasteiger partial charge in [-0.2, -0.15) is 0 Å². The van der Waals surface area contributed by atoms with Crippen LogP contribution in [-0.4, -0.2) is 41.4 Å². The maximum Gasteiger partial charge on any atom is 0.314 e. The lowest BCUT2D eigenvalue weighted by Gasteiger charge is -2.39. The third kappa shape index (κ3) is 3.24. The Kier molecular flexibility index (Phi) is 4.76. The molecule has 0 unspecified atom stereocenters. The number of nitrogens with zero attached hydrogens (tertiary/aromatic N) is 1. The molecule has 2 aromatic carbocycles. The van der Waals surface area contributed by atoms with E-state index < -0.39 is 11.4 Å². The van der Waals surface area contributed by atoms with E-state index in [1.165, 1.54) is 0 Å². The van der Waals surface area contributed by atoms with Crippen molar-refractivity contribution in [2.24, 2.45) is 0 Å². The van der Waals surface area contributed by atoms with Crippen molar-refractivity contribution < 1.29 is 14.7 Å². The number of Topliss-reactive ketones (excluding diaryl/α,β-unsaturated/α-hetero) is 1. The van der Waals surface area contributed by atoms with Gasteiger partial charge in [-0.1, -0.05) is 60.7 Å². The molecule has 0 amide bonds. The summed E-state index contributed by atoms with van der Waals surface area (Å²) in [6.45, 7) is 1.56. The maximum atomic E-state index is 12.3. The zero-order chi connectivity index (χ0) is 17.0. The number of ketones is 1. The summed E-state index contributed by atoms with van der Waals surface area (Å²) in [5.74, 6) is -0.694. The third-order valence-electron chi connectivity index (χ3n) is 4.91. The Balaban J connectivity index is 1.68. The maximum absolute atomic E-state index is 12.3. The summed E-state index contributed by atoms with van der Waals surface area (Å²) >= 11 is 0. The highest BCUT2D eigenvalue weighted by Gasteiger charge is 2.43. The number of aliphatic carboxylic acids is 1. The Bertz CT molecular complexity index is 704. The van der Waals surface area contributed by atoms with Crippen LogP contribution in [0.3, 0.4) is 0 Å². The van der Waals surface area contributed by atoms with Gasteiger partial charge in [0, 0.05) is 18.7 Å². The van der Waals surface area contributed by atoms with E-state index in [2.05, 4.69) is 4.90 Å². The van der Waals surface area contributed by atoms with Gasteiger partial charge >= 0.3 is 5.97 Å². The zero-order valence-corrected chi connectivity index (χ0v) is 13.5. The molecule has 0 aromatic heterocycles. The molecule has 0 radical (unpaired) electrons. The second kappa shape index (κ2) is 6.97. The van der Waals surface area contributed by atoms with Crippen LogP contribution in [0.15, 0.2) is 60.7 Å². The molecule has 1 saturated heterocycles. The molecule has 4 nitrogen and oxygen atoms in total. The van der Waals surface area contributed by atoms with E-state index in [9.17, 15) is 14.7 Å². The van der Waals surface area contributed by atoms with Crippen LogP contribution >= 0.6 is 0 Å². The Morgan fingerprint density at radius 3 is 2.00 bits per heavy atom. The summed E-state index contributed by atoms with van der Waals surface area (Å²) in [6.07, 6.45) is 1.04.